The summed E-state index contributed by atoms with van der Waals surface area (Å²) in [5, 5.41) is 4.17. The predicted molar refractivity (Wildman–Crippen MR) is 97.1 cm³/mol. The largest absolute Gasteiger partial charge is 0.338 e. The fourth-order valence-corrected chi connectivity index (χ4v) is 3.78. The van der Waals surface area contributed by atoms with Gasteiger partial charge in [0, 0.05) is 25.7 Å². The molecule has 1 aliphatic heterocycles. The highest BCUT2D eigenvalue weighted by atomic mass is 35.5. The lowest BCUT2D eigenvalue weighted by atomic mass is 10.0. The monoisotopic (exact) mass is 351 g/mol. The van der Waals surface area contributed by atoms with Crippen LogP contribution in [0.3, 0.4) is 0 Å². The molecule has 124 valence electrons. The molecule has 0 bridgehead atoms. The van der Waals surface area contributed by atoms with Crippen molar-refractivity contribution in [2.45, 2.75) is 19.9 Å². The quantitative estimate of drug-likeness (QED) is 0.919. The minimum atomic E-state index is 0. The minimum absolute atomic E-state index is 0. The number of benzene rings is 1. The van der Waals surface area contributed by atoms with Crippen LogP contribution in [0.1, 0.15) is 23.5 Å². The maximum atomic E-state index is 12.4. The van der Waals surface area contributed by atoms with Crippen LogP contribution in [0.2, 0.25) is 0 Å². The standard InChI is InChI=1S/C17H21N3OS.ClH/c1-11-15(12(2)20(3)17(21)14-9-18-10-14)22-16(19-11)13-7-5-4-6-8-13;/h4-8,12,14,18H,9-10H2,1-3H3;1H. The first kappa shape index (κ1) is 17.9. The first-order valence-corrected chi connectivity index (χ1v) is 8.39. The van der Waals surface area contributed by atoms with Crippen molar-refractivity contribution >= 4 is 29.7 Å². The summed E-state index contributed by atoms with van der Waals surface area (Å²) in [4.78, 5) is 20.1. The smallest absolute Gasteiger partial charge is 0.228 e. The van der Waals surface area contributed by atoms with Crippen LogP contribution in [0.4, 0.5) is 0 Å². The highest BCUT2D eigenvalue weighted by Crippen LogP contribution is 2.34. The van der Waals surface area contributed by atoms with Gasteiger partial charge < -0.3 is 10.2 Å². The molecule has 3 rings (SSSR count). The summed E-state index contributed by atoms with van der Waals surface area (Å²) in [6.45, 7) is 5.71. The fraction of sp³-hybridized carbons (Fsp3) is 0.412. The Balaban J connectivity index is 0.00000192. The molecular formula is C17H22ClN3OS. The third-order valence-corrected chi connectivity index (χ3v) is 5.67. The molecule has 4 nitrogen and oxygen atoms in total. The molecule has 6 heteroatoms. The van der Waals surface area contributed by atoms with Gasteiger partial charge in [-0.15, -0.1) is 23.7 Å². The van der Waals surface area contributed by atoms with Gasteiger partial charge in [-0.3, -0.25) is 4.79 Å². The van der Waals surface area contributed by atoms with Crippen molar-refractivity contribution in [1.82, 2.24) is 15.2 Å². The summed E-state index contributed by atoms with van der Waals surface area (Å²) in [6, 6.07) is 10.3. The number of hydrogen-bond donors (Lipinski definition) is 1. The molecule has 1 N–H and O–H groups in total. The molecule has 0 aliphatic carbocycles. The Morgan fingerprint density at radius 3 is 2.57 bits per heavy atom. The Bertz CT molecular complexity index is 670. The van der Waals surface area contributed by atoms with E-state index in [1.807, 2.05) is 37.1 Å². The fourth-order valence-electron chi connectivity index (χ4n) is 2.62. The Kier molecular flexibility index (Phi) is 5.79. The van der Waals surface area contributed by atoms with Gasteiger partial charge in [0.15, 0.2) is 0 Å². The molecule has 1 unspecified atom stereocenters. The Labute approximate surface area is 147 Å². The zero-order valence-electron chi connectivity index (χ0n) is 13.6. The zero-order valence-corrected chi connectivity index (χ0v) is 15.2. The van der Waals surface area contributed by atoms with Crippen molar-refractivity contribution in [1.29, 1.82) is 0 Å². The second-order valence-electron chi connectivity index (χ2n) is 5.81. The van der Waals surface area contributed by atoms with Crippen LogP contribution in [0.5, 0.6) is 0 Å². The summed E-state index contributed by atoms with van der Waals surface area (Å²) in [7, 11) is 1.90. The lowest BCUT2D eigenvalue weighted by Gasteiger charge is -2.33. The second kappa shape index (κ2) is 7.43. The van der Waals surface area contributed by atoms with Crippen molar-refractivity contribution in [2.24, 2.45) is 5.92 Å². The van der Waals surface area contributed by atoms with E-state index in [-0.39, 0.29) is 30.3 Å². The van der Waals surface area contributed by atoms with E-state index < -0.39 is 0 Å². The van der Waals surface area contributed by atoms with E-state index in [1.54, 1.807) is 11.3 Å². The number of carbonyl (C=O) groups excluding carboxylic acids is 1. The van der Waals surface area contributed by atoms with Crippen molar-refractivity contribution in [3.8, 4) is 10.6 Å². The van der Waals surface area contributed by atoms with Crippen LogP contribution >= 0.6 is 23.7 Å². The molecule has 23 heavy (non-hydrogen) atoms. The first-order chi connectivity index (χ1) is 10.6. The number of aromatic nitrogens is 1. The van der Waals surface area contributed by atoms with Gasteiger partial charge in [-0.05, 0) is 13.8 Å². The lowest BCUT2D eigenvalue weighted by molar-refractivity contribution is -0.137. The number of carbonyl (C=O) groups is 1. The maximum absolute atomic E-state index is 12.4. The number of thiazole rings is 1. The van der Waals surface area contributed by atoms with Gasteiger partial charge >= 0.3 is 0 Å². The second-order valence-corrected chi connectivity index (χ2v) is 6.85. The molecule has 0 spiro atoms. The highest BCUT2D eigenvalue weighted by Gasteiger charge is 2.31. The van der Waals surface area contributed by atoms with E-state index in [4.69, 9.17) is 4.98 Å². The molecule has 0 radical (unpaired) electrons. The maximum Gasteiger partial charge on any atom is 0.228 e. The van der Waals surface area contributed by atoms with Gasteiger partial charge in [-0.2, -0.15) is 0 Å². The van der Waals surface area contributed by atoms with E-state index in [0.29, 0.717) is 0 Å². The number of nitrogens with zero attached hydrogens (tertiary/aromatic N) is 2. The third kappa shape index (κ3) is 3.57. The summed E-state index contributed by atoms with van der Waals surface area (Å²) < 4.78 is 0. The van der Waals surface area contributed by atoms with Crippen molar-refractivity contribution in [3.05, 3.63) is 40.9 Å². The molecule has 2 aromatic rings. The van der Waals surface area contributed by atoms with Gasteiger partial charge in [0.2, 0.25) is 5.91 Å². The molecule has 1 aromatic heterocycles. The molecule has 1 saturated heterocycles. The van der Waals surface area contributed by atoms with E-state index in [2.05, 4.69) is 24.4 Å². The van der Waals surface area contributed by atoms with Crippen LogP contribution in [0.15, 0.2) is 30.3 Å². The summed E-state index contributed by atoms with van der Waals surface area (Å²) in [5.74, 6) is 0.356. The molecule has 0 saturated carbocycles. The van der Waals surface area contributed by atoms with E-state index in [9.17, 15) is 4.79 Å². The van der Waals surface area contributed by atoms with Gasteiger partial charge in [0.25, 0.3) is 0 Å². The molecule has 2 heterocycles. The SMILES string of the molecule is Cc1nc(-c2ccccc2)sc1C(C)N(C)C(=O)C1CNC1.Cl. The molecule has 1 fully saturated rings. The van der Waals surface area contributed by atoms with Gasteiger partial charge in [0.05, 0.1) is 22.5 Å². The number of rotatable bonds is 4. The van der Waals surface area contributed by atoms with Gasteiger partial charge in [0.1, 0.15) is 5.01 Å². The Morgan fingerprint density at radius 1 is 1.35 bits per heavy atom. The van der Waals surface area contributed by atoms with E-state index >= 15 is 0 Å². The number of amides is 1. The van der Waals surface area contributed by atoms with Gasteiger partial charge in [-0.1, -0.05) is 30.3 Å². The van der Waals surface area contributed by atoms with Crippen LogP contribution in [-0.2, 0) is 4.79 Å². The van der Waals surface area contributed by atoms with Crippen LogP contribution in [-0.4, -0.2) is 35.9 Å². The lowest BCUT2D eigenvalue weighted by Crippen LogP contribution is -2.51. The average Bonchev–Trinajstić information content (AvgIpc) is 2.87. The van der Waals surface area contributed by atoms with Crippen molar-refractivity contribution < 1.29 is 4.79 Å². The summed E-state index contributed by atoms with van der Waals surface area (Å²) in [6.07, 6.45) is 0. The topological polar surface area (TPSA) is 45.2 Å². The number of nitrogens with one attached hydrogen (secondary N) is 1. The van der Waals surface area contributed by atoms with E-state index in [0.717, 1.165) is 29.4 Å². The molecule has 1 atom stereocenters. The molecular weight excluding hydrogens is 330 g/mol. The molecule has 1 amide bonds. The van der Waals surface area contributed by atoms with Crippen molar-refractivity contribution in [2.75, 3.05) is 20.1 Å². The first-order valence-electron chi connectivity index (χ1n) is 7.58. The van der Waals surface area contributed by atoms with Crippen LogP contribution in [0.25, 0.3) is 10.6 Å². The Morgan fingerprint density at radius 2 is 2.00 bits per heavy atom. The summed E-state index contributed by atoms with van der Waals surface area (Å²) >= 11 is 1.68. The zero-order chi connectivity index (χ0) is 15.7. The third-order valence-electron chi connectivity index (χ3n) is 4.29. The van der Waals surface area contributed by atoms with Crippen LogP contribution < -0.4 is 5.32 Å². The minimum Gasteiger partial charge on any atom is -0.338 e. The molecule has 1 aliphatic rings. The number of halogens is 1. The van der Waals surface area contributed by atoms with Crippen molar-refractivity contribution in [3.63, 3.8) is 0 Å². The predicted octanol–water partition coefficient (Wildman–Crippen LogP) is 3.28. The highest BCUT2D eigenvalue weighted by molar-refractivity contribution is 7.15. The molecule has 1 aromatic carbocycles. The Hall–Kier alpha value is -1.43. The number of hydrogen-bond acceptors (Lipinski definition) is 4. The number of aryl methyl sites for hydroxylation is 1. The summed E-state index contributed by atoms with van der Waals surface area (Å²) in [5.41, 5.74) is 2.15. The van der Waals surface area contributed by atoms with Gasteiger partial charge in [-0.25, -0.2) is 4.98 Å². The van der Waals surface area contributed by atoms with Crippen LogP contribution in [0, 0.1) is 12.8 Å². The average molecular weight is 352 g/mol. The van der Waals surface area contributed by atoms with E-state index in [1.165, 1.54) is 4.88 Å². The normalized spacial score (nSPS) is 15.4.